The van der Waals surface area contributed by atoms with Gasteiger partial charge in [-0.05, 0) is 36.4 Å². The summed E-state index contributed by atoms with van der Waals surface area (Å²) in [7, 11) is 0. The largest absolute Gasteiger partial charge is 0.299 e. The fourth-order valence-electron chi connectivity index (χ4n) is 1.90. The fraction of sp³-hybridized carbons (Fsp3) is 0.500. The van der Waals surface area contributed by atoms with Gasteiger partial charge in [0.15, 0.2) is 0 Å². The molecule has 0 aliphatic carbocycles. The molecule has 0 radical (unpaired) electrons. The van der Waals surface area contributed by atoms with Crippen LogP contribution >= 0.6 is 11.3 Å². The summed E-state index contributed by atoms with van der Waals surface area (Å²) in [6.07, 6.45) is 8.51. The van der Waals surface area contributed by atoms with Gasteiger partial charge in [0, 0.05) is 24.4 Å². The SMILES string of the molecule is C#CCCCN1CCc2sccc2C1. The number of unbranched alkanes of at least 4 members (excludes halogenated alkanes) is 1. The molecule has 2 heteroatoms. The highest BCUT2D eigenvalue weighted by atomic mass is 32.1. The average molecular weight is 205 g/mol. The van der Waals surface area contributed by atoms with Gasteiger partial charge in [-0.2, -0.15) is 0 Å². The van der Waals surface area contributed by atoms with Crippen LogP contribution in [0.4, 0.5) is 0 Å². The van der Waals surface area contributed by atoms with E-state index in [4.69, 9.17) is 6.42 Å². The van der Waals surface area contributed by atoms with Gasteiger partial charge in [-0.1, -0.05) is 0 Å². The molecule has 0 spiro atoms. The van der Waals surface area contributed by atoms with Crippen molar-refractivity contribution in [3.8, 4) is 12.3 Å². The van der Waals surface area contributed by atoms with Crippen molar-refractivity contribution < 1.29 is 0 Å². The molecule has 0 bridgehead atoms. The second-order valence-electron chi connectivity index (χ2n) is 3.70. The Morgan fingerprint density at radius 2 is 2.50 bits per heavy atom. The minimum atomic E-state index is 0.910. The highest BCUT2D eigenvalue weighted by Crippen LogP contribution is 2.23. The van der Waals surface area contributed by atoms with Crippen LogP contribution < -0.4 is 0 Å². The predicted molar refractivity (Wildman–Crippen MR) is 61.4 cm³/mol. The van der Waals surface area contributed by atoms with Crippen molar-refractivity contribution in [2.45, 2.75) is 25.8 Å². The third kappa shape index (κ3) is 2.17. The smallest absolute Gasteiger partial charge is 0.0244 e. The zero-order valence-corrected chi connectivity index (χ0v) is 9.15. The van der Waals surface area contributed by atoms with E-state index < -0.39 is 0 Å². The Balaban J connectivity index is 1.86. The lowest BCUT2D eigenvalue weighted by atomic mass is 10.1. The molecule has 2 rings (SSSR count). The molecule has 0 unspecified atom stereocenters. The molecule has 0 saturated carbocycles. The second kappa shape index (κ2) is 4.63. The zero-order chi connectivity index (χ0) is 9.80. The van der Waals surface area contributed by atoms with E-state index in [1.54, 1.807) is 4.88 Å². The maximum Gasteiger partial charge on any atom is 0.0244 e. The van der Waals surface area contributed by atoms with Gasteiger partial charge in [-0.15, -0.1) is 23.7 Å². The summed E-state index contributed by atoms with van der Waals surface area (Å²) in [5.74, 6) is 2.70. The lowest BCUT2D eigenvalue weighted by molar-refractivity contribution is 0.254. The minimum absolute atomic E-state index is 0.910. The van der Waals surface area contributed by atoms with Gasteiger partial charge in [0.2, 0.25) is 0 Å². The molecule has 0 N–H and O–H groups in total. The van der Waals surface area contributed by atoms with Crippen LogP contribution in [-0.2, 0) is 13.0 Å². The van der Waals surface area contributed by atoms with Crippen molar-refractivity contribution in [3.63, 3.8) is 0 Å². The normalized spacial score (nSPS) is 16.2. The third-order valence-corrected chi connectivity index (χ3v) is 3.71. The van der Waals surface area contributed by atoms with Crippen molar-refractivity contribution in [2.24, 2.45) is 0 Å². The van der Waals surface area contributed by atoms with Crippen LogP contribution in [0.25, 0.3) is 0 Å². The van der Waals surface area contributed by atoms with Crippen molar-refractivity contribution in [1.82, 2.24) is 4.90 Å². The molecule has 1 nitrogen and oxygen atoms in total. The Morgan fingerprint density at radius 1 is 1.57 bits per heavy atom. The lowest BCUT2D eigenvalue weighted by Crippen LogP contribution is -2.30. The van der Waals surface area contributed by atoms with Gasteiger partial charge in [-0.25, -0.2) is 0 Å². The van der Waals surface area contributed by atoms with Crippen LogP contribution in [-0.4, -0.2) is 18.0 Å². The van der Waals surface area contributed by atoms with E-state index in [2.05, 4.69) is 22.3 Å². The highest BCUT2D eigenvalue weighted by molar-refractivity contribution is 7.10. The molecular formula is C12H15NS. The van der Waals surface area contributed by atoms with Crippen molar-refractivity contribution in [2.75, 3.05) is 13.1 Å². The van der Waals surface area contributed by atoms with E-state index >= 15 is 0 Å². The number of thiophene rings is 1. The third-order valence-electron chi connectivity index (χ3n) is 2.68. The Hall–Kier alpha value is -0.780. The fourth-order valence-corrected chi connectivity index (χ4v) is 2.79. The maximum absolute atomic E-state index is 5.24. The average Bonchev–Trinajstić information content (AvgIpc) is 2.65. The summed E-state index contributed by atoms with van der Waals surface area (Å²) in [5, 5.41) is 2.20. The molecule has 0 amide bonds. The van der Waals surface area contributed by atoms with Crippen LogP contribution in [0, 0.1) is 12.3 Å². The number of hydrogen-bond donors (Lipinski definition) is 0. The first-order valence-electron chi connectivity index (χ1n) is 5.11. The van der Waals surface area contributed by atoms with Crippen LogP contribution in [0.3, 0.4) is 0 Å². The monoisotopic (exact) mass is 205 g/mol. The van der Waals surface area contributed by atoms with Gasteiger partial charge in [0.05, 0.1) is 0 Å². The molecule has 1 aliphatic heterocycles. The molecular weight excluding hydrogens is 190 g/mol. The molecule has 1 aliphatic rings. The van der Waals surface area contributed by atoms with Crippen LogP contribution in [0.15, 0.2) is 11.4 Å². The van der Waals surface area contributed by atoms with E-state index in [9.17, 15) is 0 Å². The summed E-state index contributed by atoms with van der Waals surface area (Å²) >= 11 is 1.90. The molecule has 0 saturated heterocycles. The number of fused-ring (bicyclic) bond motifs is 1. The summed E-state index contributed by atoms with van der Waals surface area (Å²) in [5.41, 5.74) is 1.53. The van der Waals surface area contributed by atoms with Crippen molar-refractivity contribution in [3.05, 3.63) is 21.9 Å². The zero-order valence-electron chi connectivity index (χ0n) is 8.33. The van der Waals surface area contributed by atoms with Gasteiger partial charge in [0.25, 0.3) is 0 Å². The predicted octanol–water partition coefficient (Wildman–Crippen LogP) is 2.52. The van der Waals surface area contributed by atoms with Gasteiger partial charge >= 0.3 is 0 Å². The molecule has 0 fully saturated rings. The topological polar surface area (TPSA) is 3.24 Å². The molecule has 1 aromatic heterocycles. The summed E-state index contributed by atoms with van der Waals surface area (Å²) in [4.78, 5) is 4.09. The molecule has 0 aromatic carbocycles. The quantitative estimate of drug-likeness (QED) is 0.541. The Bertz CT molecular complexity index is 334. The second-order valence-corrected chi connectivity index (χ2v) is 4.70. The first kappa shape index (κ1) is 9.76. The molecule has 1 aromatic rings. The van der Waals surface area contributed by atoms with E-state index in [0.717, 1.165) is 25.9 Å². The van der Waals surface area contributed by atoms with Crippen molar-refractivity contribution >= 4 is 11.3 Å². The van der Waals surface area contributed by atoms with Crippen LogP contribution in [0.5, 0.6) is 0 Å². The standard InChI is InChI=1S/C12H15NS/c1-2-3-4-7-13-8-5-12-11(10-13)6-9-14-12/h1,6,9H,3-5,7-8,10H2. The van der Waals surface area contributed by atoms with Crippen LogP contribution in [0.2, 0.25) is 0 Å². The van der Waals surface area contributed by atoms with E-state index in [0.29, 0.717) is 0 Å². The number of hydrogen-bond acceptors (Lipinski definition) is 2. The maximum atomic E-state index is 5.24. The summed E-state index contributed by atoms with van der Waals surface area (Å²) in [6.45, 7) is 3.49. The Kier molecular flexibility index (Phi) is 3.23. The summed E-state index contributed by atoms with van der Waals surface area (Å²) < 4.78 is 0. The minimum Gasteiger partial charge on any atom is -0.299 e. The summed E-state index contributed by atoms with van der Waals surface area (Å²) in [6, 6.07) is 2.26. The number of nitrogens with zero attached hydrogens (tertiary/aromatic N) is 1. The Labute approximate surface area is 89.7 Å². The highest BCUT2D eigenvalue weighted by Gasteiger charge is 2.15. The van der Waals surface area contributed by atoms with Crippen LogP contribution in [0.1, 0.15) is 23.3 Å². The van der Waals surface area contributed by atoms with Gasteiger partial charge in [0.1, 0.15) is 0 Å². The first-order chi connectivity index (χ1) is 6.90. The molecule has 0 atom stereocenters. The molecule has 14 heavy (non-hydrogen) atoms. The molecule has 2 heterocycles. The molecule has 74 valence electrons. The number of terminal acetylenes is 1. The van der Waals surface area contributed by atoms with Crippen molar-refractivity contribution in [1.29, 1.82) is 0 Å². The lowest BCUT2D eigenvalue weighted by Gasteiger charge is -2.26. The van der Waals surface area contributed by atoms with Gasteiger partial charge in [-0.3, -0.25) is 4.90 Å². The van der Waals surface area contributed by atoms with Gasteiger partial charge < -0.3 is 0 Å². The van der Waals surface area contributed by atoms with E-state index in [1.165, 1.54) is 18.5 Å². The number of rotatable bonds is 3. The van der Waals surface area contributed by atoms with E-state index in [-0.39, 0.29) is 0 Å². The Morgan fingerprint density at radius 3 is 3.36 bits per heavy atom. The first-order valence-corrected chi connectivity index (χ1v) is 5.99. The van der Waals surface area contributed by atoms with E-state index in [1.807, 2.05) is 11.3 Å².